The van der Waals surface area contributed by atoms with Crippen molar-refractivity contribution in [2.45, 2.75) is 17.7 Å². The van der Waals surface area contributed by atoms with E-state index < -0.39 is 9.84 Å². The van der Waals surface area contributed by atoms with E-state index in [0.717, 1.165) is 11.3 Å². The maximum atomic E-state index is 12.8. The van der Waals surface area contributed by atoms with Crippen molar-refractivity contribution in [3.63, 3.8) is 0 Å². The highest BCUT2D eigenvalue weighted by molar-refractivity contribution is 8.16. The summed E-state index contributed by atoms with van der Waals surface area (Å²) >= 11 is 7.49. The van der Waals surface area contributed by atoms with Crippen molar-refractivity contribution < 1.29 is 22.7 Å². The number of nitrogens with zero attached hydrogens (tertiary/aromatic N) is 2. The molecule has 7 nitrogen and oxygen atoms in total. The maximum Gasteiger partial charge on any atom is 0.252 e. The molecule has 2 aromatic rings. The van der Waals surface area contributed by atoms with Crippen LogP contribution in [0.1, 0.15) is 5.56 Å². The second kappa shape index (κ2) is 8.72. The number of hydrogen-bond donors (Lipinski definition) is 0. The number of amidine groups is 1. The Labute approximate surface area is 190 Å². The van der Waals surface area contributed by atoms with E-state index in [4.69, 9.17) is 21.1 Å². The molecule has 0 aromatic heterocycles. The lowest BCUT2D eigenvalue weighted by Crippen LogP contribution is -2.37. The van der Waals surface area contributed by atoms with Crippen molar-refractivity contribution in [3.8, 4) is 11.5 Å². The Kier molecular flexibility index (Phi) is 6.18. The molecule has 0 N–H and O–H groups in total. The number of halogens is 1. The number of aliphatic imine (C=N–C) groups is 1. The molecule has 2 saturated heterocycles. The highest BCUT2D eigenvalue weighted by Crippen LogP contribution is 2.41. The van der Waals surface area contributed by atoms with Gasteiger partial charge in [0.2, 0.25) is 0 Å². The van der Waals surface area contributed by atoms with E-state index in [-0.39, 0.29) is 35.1 Å². The Hall–Kier alpha value is -2.23. The zero-order chi connectivity index (χ0) is 22.2. The van der Waals surface area contributed by atoms with Gasteiger partial charge >= 0.3 is 0 Å². The average Bonchev–Trinajstić information content (AvgIpc) is 3.18. The SMILES string of the molecule is COc1ccc(CC(=O)N=C2S[C@@H]3CS(=O)(=O)C[C@H]3N2c2cccc(Cl)c2)cc1OC. The van der Waals surface area contributed by atoms with Crippen molar-refractivity contribution in [2.75, 3.05) is 30.6 Å². The summed E-state index contributed by atoms with van der Waals surface area (Å²) in [5.74, 6) is 0.889. The zero-order valence-corrected chi connectivity index (χ0v) is 19.3. The van der Waals surface area contributed by atoms with Gasteiger partial charge in [-0.3, -0.25) is 4.79 Å². The molecule has 0 bridgehead atoms. The van der Waals surface area contributed by atoms with E-state index >= 15 is 0 Å². The molecule has 2 atom stereocenters. The lowest BCUT2D eigenvalue weighted by atomic mass is 10.1. The van der Waals surface area contributed by atoms with Crippen LogP contribution in [0.2, 0.25) is 5.02 Å². The van der Waals surface area contributed by atoms with Crippen molar-refractivity contribution in [1.82, 2.24) is 0 Å². The Bertz CT molecular complexity index is 1150. The maximum absolute atomic E-state index is 12.8. The minimum atomic E-state index is -3.13. The van der Waals surface area contributed by atoms with Gasteiger partial charge in [0.15, 0.2) is 26.5 Å². The van der Waals surface area contributed by atoms with Crippen LogP contribution in [0.3, 0.4) is 0 Å². The van der Waals surface area contributed by atoms with E-state index in [1.165, 1.54) is 18.9 Å². The normalized spacial score (nSPS) is 23.1. The molecule has 0 spiro atoms. The summed E-state index contributed by atoms with van der Waals surface area (Å²) in [6.07, 6.45) is 0.0848. The van der Waals surface area contributed by atoms with Crippen LogP contribution in [0.5, 0.6) is 11.5 Å². The Balaban J connectivity index is 1.61. The van der Waals surface area contributed by atoms with Gasteiger partial charge in [-0.1, -0.05) is 35.5 Å². The van der Waals surface area contributed by atoms with Crippen LogP contribution in [0.15, 0.2) is 47.5 Å². The van der Waals surface area contributed by atoms with E-state index in [1.54, 1.807) is 43.5 Å². The topological polar surface area (TPSA) is 85.3 Å². The van der Waals surface area contributed by atoms with Crippen molar-refractivity contribution >= 4 is 50.0 Å². The van der Waals surface area contributed by atoms with Crippen LogP contribution in [0.25, 0.3) is 0 Å². The van der Waals surface area contributed by atoms with Crippen molar-refractivity contribution in [2.24, 2.45) is 4.99 Å². The number of anilines is 1. The van der Waals surface area contributed by atoms with Gasteiger partial charge in [0, 0.05) is 16.0 Å². The Morgan fingerprint density at radius 1 is 1.16 bits per heavy atom. The van der Waals surface area contributed by atoms with E-state index in [0.29, 0.717) is 21.7 Å². The molecule has 0 saturated carbocycles. The van der Waals surface area contributed by atoms with Gasteiger partial charge < -0.3 is 14.4 Å². The second-order valence-corrected chi connectivity index (χ2v) is 11.1. The second-order valence-electron chi connectivity index (χ2n) is 7.30. The summed E-state index contributed by atoms with van der Waals surface area (Å²) < 4.78 is 34.9. The minimum Gasteiger partial charge on any atom is -0.493 e. The highest BCUT2D eigenvalue weighted by Gasteiger charge is 2.49. The molecular formula is C21H21ClN2O5S2. The van der Waals surface area contributed by atoms with Crippen LogP contribution in [0.4, 0.5) is 5.69 Å². The van der Waals surface area contributed by atoms with Crippen molar-refractivity contribution in [3.05, 3.63) is 53.1 Å². The summed E-state index contributed by atoms with van der Waals surface area (Å²) in [7, 11) is -0.0472. The molecule has 164 valence electrons. The number of benzene rings is 2. The third-order valence-electron chi connectivity index (χ3n) is 5.18. The number of sulfone groups is 1. The molecule has 2 aliphatic rings. The molecule has 1 amide bonds. The van der Waals surface area contributed by atoms with Crippen LogP contribution < -0.4 is 14.4 Å². The van der Waals surface area contributed by atoms with Gasteiger partial charge in [-0.25, -0.2) is 8.42 Å². The third kappa shape index (κ3) is 4.68. The fourth-order valence-electron chi connectivity index (χ4n) is 3.80. The number of ether oxygens (including phenoxy) is 2. The van der Waals surface area contributed by atoms with Gasteiger partial charge in [0.25, 0.3) is 5.91 Å². The largest absolute Gasteiger partial charge is 0.493 e. The first-order chi connectivity index (χ1) is 14.8. The number of hydrogen-bond acceptors (Lipinski definition) is 6. The molecule has 0 radical (unpaired) electrons. The van der Waals surface area contributed by atoms with Gasteiger partial charge in [-0.05, 0) is 35.9 Å². The molecule has 2 aliphatic heterocycles. The average molecular weight is 481 g/mol. The van der Waals surface area contributed by atoms with Crippen LogP contribution in [-0.2, 0) is 21.1 Å². The first-order valence-electron chi connectivity index (χ1n) is 9.54. The number of carbonyl (C=O) groups is 1. The number of methoxy groups -OCH3 is 2. The van der Waals surface area contributed by atoms with Crippen molar-refractivity contribution in [1.29, 1.82) is 0 Å². The monoisotopic (exact) mass is 480 g/mol. The number of rotatable bonds is 5. The van der Waals surface area contributed by atoms with Crippen LogP contribution in [0, 0.1) is 0 Å². The number of carbonyl (C=O) groups excluding carboxylic acids is 1. The molecule has 2 fully saturated rings. The molecule has 2 heterocycles. The van der Waals surface area contributed by atoms with Gasteiger partial charge in [0.05, 0.1) is 38.2 Å². The Morgan fingerprint density at radius 3 is 2.65 bits per heavy atom. The number of thioether (sulfide) groups is 1. The molecule has 0 aliphatic carbocycles. The summed E-state index contributed by atoms with van der Waals surface area (Å²) in [5, 5.41) is 0.858. The van der Waals surface area contributed by atoms with Crippen LogP contribution >= 0.6 is 23.4 Å². The predicted octanol–water partition coefficient (Wildman–Crippen LogP) is 3.20. The molecule has 4 rings (SSSR count). The molecule has 0 unspecified atom stereocenters. The summed E-state index contributed by atoms with van der Waals surface area (Å²) in [6.45, 7) is 0. The first kappa shape index (κ1) is 22.0. The lowest BCUT2D eigenvalue weighted by molar-refractivity contribution is -0.117. The predicted molar refractivity (Wildman–Crippen MR) is 123 cm³/mol. The number of amides is 1. The van der Waals surface area contributed by atoms with Crippen LogP contribution in [-0.4, -0.2) is 56.5 Å². The van der Waals surface area contributed by atoms with Gasteiger partial charge in [0.1, 0.15) is 0 Å². The fourth-order valence-corrected chi connectivity index (χ4v) is 7.92. The third-order valence-corrected chi connectivity index (χ3v) is 8.62. The number of fused-ring (bicyclic) bond motifs is 1. The standard InChI is InChI=1S/C21H21ClN2O5S2/c1-28-17-7-6-13(8-18(17)29-2)9-20(25)23-21-24(15-5-3-4-14(22)10-15)16-11-31(26,27)12-19(16)30-21/h3-8,10,16,19H,9,11-12H2,1-2H3/t16-,19-/m1/s1. The first-order valence-corrected chi connectivity index (χ1v) is 12.6. The highest BCUT2D eigenvalue weighted by atomic mass is 35.5. The van der Waals surface area contributed by atoms with E-state index in [2.05, 4.69) is 4.99 Å². The zero-order valence-electron chi connectivity index (χ0n) is 16.9. The summed E-state index contributed by atoms with van der Waals surface area (Å²) in [5.41, 5.74) is 1.47. The smallest absolute Gasteiger partial charge is 0.252 e. The summed E-state index contributed by atoms with van der Waals surface area (Å²) in [4.78, 5) is 18.9. The summed E-state index contributed by atoms with van der Waals surface area (Å²) in [6, 6.07) is 12.1. The van der Waals surface area contributed by atoms with Gasteiger partial charge in [-0.2, -0.15) is 4.99 Å². The molecular weight excluding hydrogens is 460 g/mol. The lowest BCUT2D eigenvalue weighted by Gasteiger charge is -2.24. The molecule has 2 aromatic carbocycles. The molecule has 10 heteroatoms. The van der Waals surface area contributed by atoms with Gasteiger partial charge in [-0.15, -0.1) is 0 Å². The van der Waals surface area contributed by atoms with E-state index in [9.17, 15) is 13.2 Å². The quantitative estimate of drug-likeness (QED) is 0.649. The molecule has 31 heavy (non-hydrogen) atoms. The minimum absolute atomic E-state index is 0.0278. The Morgan fingerprint density at radius 2 is 1.94 bits per heavy atom. The van der Waals surface area contributed by atoms with E-state index in [1.807, 2.05) is 11.0 Å². The fraction of sp³-hybridized carbons (Fsp3) is 0.333.